The lowest BCUT2D eigenvalue weighted by Gasteiger charge is -2.23. The summed E-state index contributed by atoms with van der Waals surface area (Å²) in [6.07, 6.45) is -5.60. The first-order chi connectivity index (χ1) is 7.45. The molecular weight excluding hydrogens is 224 g/mol. The standard InChI is InChI=1S/C8H12O8/c9-2-4-3(10)1-5(15-4)16-6(7(11)12)8(13)14/h3-6,9-10H,1-2H2,(H,11,12)(H,13,14)/p-2/t3-,4+,5+/m0/s1. The van der Waals surface area contributed by atoms with E-state index in [1.54, 1.807) is 0 Å². The van der Waals surface area contributed by atoms with Crippen molar-refractivity contribution in [2.45, 2.75) is 31.0 Å². The Bertz CT molecular complexity index is 263. The summed E-state index contributed by atoms with van der Waals surface area (Å²) in [4.78, 5) is 20.7. The maximum Gasteiger partial charge on any atom is 0.162 e. The van der Waals surface area contributed by atoms with E-state index in [9.17, 15) is 24.9 Å². The van der Waals surface area contributed by atoms with Gasteiger partial charge in [-0.3, -0.25) is 0 Å². The minimum atomic E-state index is -2.27. The van der Waals surface area contributed by atoms with Crippen LogP contribution in [0.15, 0.2) is 0 Å². The summed E-state index contributed by atoms with van der Waals surface area (Å²) in [7, 11) is 0. The van der Waals surface area contributed by atoms with E-state index >= 15 is 0 Å². The number of hydrogen-bond donors (Lipinski definition) is 2. The molecule has 3 atom stereocenters. The summed E-state index contributed by atoms with van der Waals surface area (Å²) in [5.74, 6) is -3.93. The summed E-state index contributed by atoms with van der Waals surface area (Å²) < 4.78 is 9.37. The minimum Gasteiger partial charge on any atom is -0.547 e. The smallest absolute Gasteiger partial charge is 0.162 e. The highest BCUT2D eigenvalue weighted by Gasteiger charge is 2.35. The van der Waals surface area contributed by atoms with Gasteiger partial charge in [-0.1, -0.05) is 0 Å². The molecule has 8 nitrogen and oxygen atoms in total. The number of carbonyl (C=O) groups is 2. The Balaban J connectivity index is 2.55. The van der Waals surface area contributed by atoms with Crippen molar-refractivity contribution in [1.82, 2.24) is 0 Å². The number of aliphatic carboxylic acids is 2. The van der Waals surface area contributed by atoms with Crippen molar-refractivity contribution in [3.05, 3.63) is 0 Å². The van der Waals surface area contributed by atoms with Crippen molar-refractivity contribution in [1.29, 1.82) is 0 Å². The molecule has 0 aromatic rings. The molecule has 1 heterocycles. The number of hydrogen-bond acceptors (Lipinski definition) is 8. The first-order valence-electron chi connectivity index (χ1n) is 4.47. The third-order valence-electron chi connectivity index (χ3n) is 2.09. The van der Waals surface area contributed by atoms with E-state index in [2.05, 4.69) is 4.74 Å². The van der Waals surface area contributed by atoms with E-state index < -0.39 is 43.1 Å². The molecule has 1 fully saturated rings. The predicted octanol–water partition coefficient (Wildman–Crippen LogP) is -4.66. The zero-order valence-electron chi connectivity index (χ0n) is 8.07. The quantitative estimate of drug-likeness (QED) is 0.452. The van der Waals surface area contributed by atoms with Gasteiger partial charge in [0.05, 0.1) is 24.6 Å². The zero-order valence-corrected chi connectivity index (χ0v) is 8.07. The molecule has 2 N–H and O–H groups in total. The molecule has 1 aliphatic heterocycles. The van der Waals surface area contributed by atoms with E-state index in [0.29, 0.717) is 0 Å². The molecule has 0 amide bonds. The molecule has 0 aromatic heterocycles. The van der Waals surface area contributed by atoms with Gasteiger partial charge in [0.1, 0.15) is 12.2 Å². The molecule has 0 saturated carbocycles. The van der Waals surface area contributed by atoms with E-state index in [4.69, 9.17) is 9.84 Å². The lowest BCUT2D eigenvalue weighted by Crippen LogP contribution is -2.50. The fourth-order valence-corrected chi connectivity index (χ4v) is 1.30. The van der Waals surface area contributed by atoms with Gasteiger partial charge in [-0.15, -0.1) is 0 Å². The van der Waals surface area contributed by atoms with Gasteiger partial charge in [0.25, 0.3) is 0 Å². The number of rotatable bonds is 5. The van der Waals surface area contributed by atoms with Crippen LogP contribution in [0.4, 0.5) is 0 Å². The van der Waals surface area contributed by atoms with E-state index in [1.807, 2.05) is 0 Å². The number of aliphatic hydroxyl groups is 2. The second-order valence-electron chi connectivity index (χ2n) is 3.24. The number of ether oxygens (including phenoxy) is 2. The maximum absolute atomic E-state index is 10.3. The van der Waals surface area contributed by atoms with Crippen LogP contribution in [-0.4, -0.2) is 53.4 Å². The summed E-state index contributed by atoms with van der Waals surface area (Å²) in [5.41, 5.74) is 0. The van der Waals surface area contributed by atoms with E-state index in [0.717, 1.165) is 0 Å². The zero-order chi connectivity index (χ0) is 12.3. The van der Waals surface area contributed by atoms with Crippen molar-refractivity contribution in [3.63, 3.8) is 0 Å². The lowest BCUT2D eigenvalue weighted by atomic mass is 10.2. The lowest BCUT2D eigenvalue weighted by molar-refractivity contribution is -0.346. The van der Waals surface area contributed by atoms with Gasteiger partial charge in [-0.25, -0.2) is 0 Å². The molecule has 0 spiro atoms. The Morgan fingerprint density at radius 1 is 1.44 bits per heavy atom. The van der Waals surface area contributed by atoms with Gasteiger partial charge < -0.3 is 39.5 Å². The third kappa shape index (κ3) is 2.89. The van der Waals surface area contributed by atoms with Crippen molar-refractivity contribution >= 4 is 11.9 Å². The molecule has 1 rings (SSSR count). The van der Waals surface area contributed by atoms with Crippen LogP contribution in [0.2, 0.25) is 0 Å². The fourth-order valence-electron chi connectivity index (χ4n) is 1.30. The Hall–Kier alpha value is -1.22. The Kier molecular flexibility index (Phi) is 4.19. The molecular formula is C8H10O8-2. The fraction of sp³-hybridized carbons (Fsp3) is 0.750. The summed E-state index contributed by atoms with van der Waals surface area (Å²) in [6.45, 7) is -0.484. The topological polar surface area (TPSA) is 139 Å². The van der Waals surface area contributed by atoms with Gasteiger partial charge in [0.15, 0.2) is 6.29 Å². The molecule has 0 aliphatic carbocycles. The number of aliphatic hydroxyl groups excluding tert-OH is 2. The monoisotopic (exact) mass is 234 g/mol. The van der Waals surface area contributed by atoms with Crippen LogP contribution >= 0.6 is 0 Å². The number of carboxylic acids is 2. The van der Waals surface area contributed by atoms with Crippen LogP contribution < -0.4 is 10.2 Å². The van der Waals surface area contributed by atoms with Crippen molar-refractivity contribution < 1.29 is 39.5 Å². The second kappa shape index (κ2) is 5.21. The Morgan fingerprint density at radius 2 is 2.00 bits per heavy atom. The van der Waals surface area contributed by atoms with Crippen LogP contribution in [0.25, 0.3) is 0 Å². The van der Waals surface area contributed by atoms with Gasteiger partial charge in [-0.05, 0) is 0 Å². The van der Waals surface area contributed by atoms with Crippen molar-refractivity contribution in [3.8, 4) is 0 Å². The van der Waals surface area contributed by atoms with Crippen LogP contribution in [0.1, 0.15) is 6.42 Å². The largest absolute Gasteiger partial charge is 0.547 e. The number of carboxylic acid groups (broad SMARTS) is 2. The van der Waals surface area contributed by atoms with Crippen LogP contribution in [0.5, 0.6) is 0 Å². The summed E-state index contributed by atoms with van der Waals surface area (Å²) in [5, 5.41) is 38.6. The highest BCUT2D eigenvalue weighted by Crippen LogP contribution is 2.21. The van der Waals surface area contributed by atoms with Crippen LogP contribution in [0, 0.1) is 0 Å². The molecule has 1 aliphatic rings. The normalized spacial score (nSPS) is 29.6. The van der Waals surface area contributed by atoms with Gasteiger partial charge >= 0.3 is 0 Å². The van der Waals surface area contributed by atoms with Crippen molar-refractivity contribution in [2.75, 3.05) is 6.61 Å². The van der Waals surface area contributed by atoms with Gasteiger partial charge in [0.2, 0.25) is 0 Å². The maximum atomic E-state index is 10.3. The second-order valence-corrected chi connectivity index (χ2v) is 3.24. The van der Waals surface area contributed by atoms with Crippen LogP contribution in [-0.2, 0) is 19.1 Å². The SMILES string of the molecule is O=C([O-])C(O[C@@H]1C[C@H](O)[C@@H](CO)O1)C(=O)[O-]. The van der Waals surface area contributed by atoms with Gasteiger partial charge in [0, 0.05) is 6.42 Å². The van der Waals surface area contributed by atoms with E-state index in [1.165, 1.54) is 0 Å². The van der Waals surface area contributed by atoms with Crippen LogP contribution in [0.3, 0.4) is 0 Å². The summed E-state index contributed by atoms with van der Waals surface area (Å²) >= 11 is 0. The Labute approximate surface area is 90.0 Å². The molecule has 8 heteroatoms. The first-order valence-corrected chi connectivity index (χ1v) is 4.47. The molecule has 0 aromatic carbocycles. The highest BCUT2D eigenvalue weighted by molar-refractivity contribution is 5.93. The third-order valence-corrected chi connectivity index (χ3v) is 2.09. The molecule has 0 radical (unpaired) electrons. The highest BCUT2D eigenvalue weighted by atomic mass is 16.7. The predicted molar refractivity (Wildman–Crippen MR) is 41.3 cm³/mol. The first kappa shape index (κ1) is 12.8. The molecule has 92 valence electrons. The van der Waals surface area contributed by atoms with Crippen molar-refractivity contribution in [2.24, 2.45) is 0 Å². The average Bonchev–Trinajstić information content (AvgIpc) is 2.54. The minimum absolute atomic E-state index is 0.137. The molecule has 0 unspecified atom stereocenters. The molecule has 0 bridgehead atoms. The Morgan fingerprint density at radius 3 is 2.38 bits per heavy atom. The molecule has 1 saturated heterocycles. The molecule has 16 heavy (non-hydrogen) atoms. The van der Waals surface area contributed by atoms with Gasteiger partial charge in [-0.2, -0.15) is 0 Å². The average molecular weight is 234 g/mol. The summed E-state index contributed by atoms with van der Waals surface area (Å²) in [6, 6.07) is 0. The van der Waals surface area contributed by atoms with E-state index in [-0.39, 0.29) is 6.42 Å². The number of carbonyl (C=O) groups excluding carboxylic acids is 2.